The highest BCUT2D eigenvalue weighted by molar-refractivity contribution is 14.1. The molecule has 4 atom stereocenters. The second-order valence-corrected chi connectivity index (χ2v) is 10.4. The minimum atomic E-state index is -2.00. The fraction of sp³-hybridized carbons (Fsp3) is 0.350. The molecule has 13 heteroatoms. The van der Waals surface area contributed by atoms with E-state index in [2.05, 4.69) is 24.9 Å². The lowest BCUT2D eigenvalue weighted by molar-refractivity contribution is -0.123. The lowest BCUT2D eigenvalue weighted by atomic mass is 10.2. The number of ether oxygens (including phenoxy) is 2. The number of carbonyl (C=O) groups excluding carboxylic acids is 2. The van der Waals surface area contributed by atoms with Crippen molar-refractivity contribution in [3.8, 4) is 11.5 Å². The topological polar surface area (TPSA) is 98.8 Å². The van der Waals surface area contributed by atoms with Gasteiger partial charge in [-0.1, -0.05) is 6.07 Å². The standard InChI is InChI=1S/C20H26FIN3O5P3/c1-12-2-3-13(8-17(12)31)28-11-18(26)25-10-15(30-22)6-7-23-19(27)16-5-4-14(9-24-16)29-20(21,32)33/h2-5,8-9,15H,6-7,10-11,31-33H2,1H3,(H,23,27)(H,25,26). The number of halogens is 2. The van der Waals surface area contributed by atoms with E-state index < -0.39 is 5.34 Å². The van der Waals surface area contributed by atoms with E-state index in [0.29, 0.717) is 18.7 Å². The molecular formula is C20H26FIN3O5P3. The molecule has 2 rings (SSSR count). The first kappa shape index (κ1) is 28.1. The first-order chi connectivity index (χ1) is 15.6. The average molecular weight is 627 g/mol. The average Bonchev–Trinajstić information content (AvgIpc) is 2.76. The van der Waals surface area contributed by atoms with Crippen LogP contribution >= 0.6 is 50.7 Å². The molecule has 0 aliphatic heterocycles. The Balaban J connectivity index is 1.70. The number of nitrogens with zero attached hydrogens (tertiary/aromatic N) is 1. The largest absolute Gasteiger partial charge is 0.484 e. The van der Waals surface area contributed by atoms with Crippen molar-refractivity contribution < 1.29 is 26.5 Å². The molecule has 0 saturated heterocycles. The van der Waals surface area contributed by atoms with Crippen molar-refractivity contribution in [3.05, 3.63) is 47.8 Å². The lowest BCUT2D eigenvalue weighted by Crippen LogP contribution is -2.37. The van der Waals surface area contributed by atoms with Crippen molar-refractivity contribution in [2.45, 2.75) is 24.8 Å². The molecule has 0 aliphatic rings. The number of aryl methyl sites for hydroxylation is 1. The highest BCUT2D eigenvalue weighted by Crippen LogP contribution is 2.31. The monoisotopic (exact) mass is 627 g/mol. The van der Waals surface area contributed by atoms with Crippen LogP contribution in [0.4, 0.5) is 4.39 Å². The predicted octanol–water partition coefficient (Wildman–Crippen LogP) is 2.65. The van der Waals surface area contributed by atoms with E-state index in [-0.39, 0.29) is 42.5 Å². The Labute approximate surface area is 213 Å². The third-order valence-electron chi connectivity index (χ3n) is 4.27. The van der Waals surface area contributed by atoms with E-state index >= 15 is 0 Å². The van der Waals surface area contributed by atoms with Gasteiger partial charge in [-0.25, -0.2) is 4.98 Å². The zero-order valence-corrected chi connectivity index (χ0v) is 23.5. The van der Waals surface area contributed by atoms with E-state index in [1.165, 1.54) is 18.3 Å². The zero-order chi connectivity index (χ0) is 24.4. The van der Waals surface area contributed by atoms with Gasteiger partial charge in [0.1, 0.15) is 40.2 Å². The molecule has 2 amide bonds. The Bertz CT molecular complexity index is 948. The van der Waals surface area contributed by atoms with E-state index in [1.807, 2.05) is 43.6 Å². The summed E-state index contributed by atoms with van der Waals surface area (Å²) in [5.41, 5.74) is 1.29. The van der Waals surface area contributed by atoms with Crippen LogP contribution in [0.3, 0.4) is 0 Å². The number of nitrogens with one attached hydrogen (secondary N) is 2. The maximum atomic E-state index is 13.4. The minimum absolute atomic E-state index is 0.111. The number of carbonyl (C=O) groups is 2. The van der Waals surface area contributed by atoms with Crippen LogP contribution in [0.1, 0.15) is 22.5 Å². The SMILES string of the molecule is Cc1ccc(OCC(=O)NCC(CCNC(=O)c2ccc(OC(F)(P)P)cn2)OI)cc1P. The van der Waals surface area contributed by atoms with Crippen molar-refractivity contribution in [1.29, 1.82) is 0 Å². The van der Waals surface area contributed by atoms with Gasteiger partial charge in [-0.3, -0.25) is 9.59 Å². The highest BCUT2D eigenvalue weighted by atomic mass is 127. The fourth-order valence-electron chi connectivity index (χ4n) is 2.51. The highest BCUT2D eigenvalue weighted by Gasteiger charge is 2.18. The van der Waals surface area contributed by atoms with Crippen LogP contribution in [0.15, 0.2) is 36.5 Å². The number of benzene rings is 1. The Morgan fingerprint density at radius 3 is 2.55 bits per heavy atom. The number of hydrogen-bond donors (Lipinski definition) is 2. The Morgan fingerprint density at radius 2 is 1.94 bits per heavy atom. The molecule has 1 aromatic carbocycles. The summed E-state index contributed by atoms with van der Waals surface area (Å²) >= 11 is 1.76. The lowest BCUT2D eigenvalue weighted by Gasteiger charge is -2.16. The number of pyridine rings is 1. The molecule has 2 N–H and O–H groups in total. The van der Waals surface area contributed by atoms with Gasteiger partial charge in [0, 0.05) is 13.1 Å². The molecule has 8 nitrogen and oxygen atoms in total. The van der Waals surface area contributed by atoms with Gasteiger partial charge >= 0.3 is 0 Å². The van der Waals surface area contributed by atoms with Gasteiger partial charge in [0.15, 0.2) is 6.61 Å². The summed E-state index contributed by atoms with van der Waals surface area (Å²) in [6.07, 6.45) is 1.43. The molecule has 0 saturated carbocycles. The van der Waals surface area contributed by atoms with Gasteiger partial charge in [-0.2, -0.15) is 4.39 Å². The molecule has 180 valence electrons. The number of alkyl halides is 1. The van der Waals surface area contributed by atoms with Crippen molar-refractivity contribution in [3.63, 3.8) is 0 Å². The summed E-state index contributed by atoms with van der Waals surface area (Å²) < 4.78 is 29.2. The van der Waals surface area contributed by atoms with E-state index in [9.17, 15) is 14.0 Å². The van der Waals surface area contributed by atoms with Gasteiger partial charge in [-0.05, 0) is 67.0 Å². The Hall–Kier alpha value is -1.18. The Morgan fingerprint density at radius 1 is 1.21 bits per heavy atom. The molecule has 33 heavy (non-hydrogen) atoms. The maximum Gasteiger partial charge on any atom is 0.270 e. The van der Waals surface area contributed by atoms with E-state index in [0.717, 1.165) is 10.9 Å². The van der Waals surface area contributed by atoms with Crippen molar-refractivity contribution in [1.82, 2.24) is 15.6 Å². The number of hydrogen-bond acceptors (Lipinski definition) is 6. The van der Waals surface area contributed by atoms with Crippen LogP contribution in [0.5, 0.6) is 11.5 Å². The predicted molar refractivity (Wildman–Crippen MR) is 143 cm³/mol. The number of aromatic nitrogens is 1. The van der Waals surface area contributed by atoms with Crippen LogP contribution < -0.4 is 25.4 Å². The van der Waals surface area contributed by atoms with Crippen LogP contribution in [0.25, 0.3) is 0 Å². The molecule has 0 aliphatic carbocycles. The summed E-state index contributed by atoms with van der Waals surface area (Å²) in [5.74, 6) is 0.141. The number of amides is 2. The van der Waals surface area contributed by atoms with Crippen LogP contribution in [-0.2, 0) is 7.86 Å². The summed E-state index contributed by atoms with van der Waals surface area (Å²) in [6.45, 7) is 2.45. The van der Waals surface area contributed by atoms with Crippen molar-refractivity contribution in [2.24, 2.45) is 0 Å². The normalized spacial score (nSPS) is 12.1. The molecule has 0 spiro atoms. The first-order valence-electron chi connectivity index (χ1n) is 9.80. The fourth-order valence-corrected chi connectivity index (χ4v) is 3.47. The summed E-state index contributed by atoms with van der Waals surface area (Å²) in [4.78, 5) is 28.2. The van der Waals surface area contributed by atoms with Gasteiger partial charge in [0.05, 0.1) is 12.3 Å². The van der Waals surface area contributed by atoms with E-state index in [1.54, 1.807) is 23.0 Å². The maximum absolute atomic E-state index is 13.4. The van der Waals surface area contributed by atoms with Gasteiger partial charge < -0.3 is 23.2 Å². The summed E-state index contributed by atoms with van der Waals surface area (Å²) in [5, 5.41) is 4.49. The van der Waals surface area contributed by atoms with Crippen LogP contribution in [-0.4, -0.2) is 47.9 Å². The molecule has 0 radical (unpaired) electrons. The van der Waals surface area contributed by atoms with Gasteiger partial charge in [0.25, 0.3) is 17.2 Å². The second-order valence-electron chi connectivity index (χ2n) is 7.05. The molecule has 1 aromatic heterocycles. The van der Waals surface area contributed by atoms with Crippen LogP contribution in [0.2, 0.25) is 0 Å². The van der Waals surface area contributed by atoms with Gasteiger partial charge in [-0.15, -0.1) is 9.24 Å². The first-order valence-corrected chi connectivity index (χ1v) is 12.4. The molecule has 0 bridgehead atoms. The van der Waals surface area contributed by atoms with E-state index in [4.69, 9.17) is 12.5 Å². The number of rotatable bonds is 12. The van der Waals surface area contributed by atoms with Crippen molar-refractivity contribution in [2.75, 3.05) is 19.7 Å². The molecule has 4 unspecified atom stereocenters. The molecule has 0 fully saturated rings. The molecular weight excluding hydrogens is 601 g/mol. The second kappa shape index (κ2) is 13.6. The quantitative estimate of drug-likeness (QED) is 0.278. The van der Waals surface area contributed by atoms with Gasteiger partial charge in [0.2, 0.25) is 0 Å². The summed E-state index contributed by atoms with van der Waals surface area (Å²) in [7, 11) is 6.38. The third kappa shape index (κ3) is 10.7. The smallest absolute Gasteiger partial charge is 0.270 e. The third-order valence-corrected chi connectivity index (χ3v) is 5.85. The Kier molecular flexibility index (Phi) is 11.6. The van der Waals surface area contributed by atoms with Crippen LogP contribution in [0, 0.1) is 6.92 Å². The minimum Gasteiger partial charge on any atom is -0.484 e. The zero-order valence-electron chi connectivity index (χ0n) is 17.8. The van der Waals surface area contributed by atoms with Crippen molar-refractivity contribution >= 4 is 67.8 Å². The summed E-state index contributed by atoms with van der Waals surface area (Å²) in [6, 6.07) is 8.47. The molecule has 2 aromatic rings. The molecule has 1 heterocycles.